The van der Waals surface area contributed by atoms with Crippen LogP contribution in [0.5, 0.6) is 0 Å². The number of sulfone groups is 1. The summed E-state index contributed by atoms with van der Waals surface area (Å²) < 4.78 is 66.9. The lowest BCUT2D eigenvalue weighted by atomic mass is 10.2. The molecule has 0 saturated heterocycles. The highest BCUT2D eigenvalue weighted by Crippen LogP contribution is 2.43. The van der Waals surface area contributed by atoms with Crippen molar-refractivity contribution in [3.8, 4) is 10.7 Å². The molecule has 4 aromatic rings. The second-order valence-corrected chi connectivity index (χ2v) is 10.1. The van der Waals surface area contributed by atoms with Crippen molar-refractivity contribution in [1.29, 1.82) is 0 Å². The zero-order chi connectivity index (χ0) is 21.1. The zero-order valence-electron chi connectivity index (χ0n) is 15.1. The number of thiophene rings is 1. The normalized spacial score (nSPS) is 12.9. The molecule has 0 N–H and O–H groups in total. The van der Waals surface area contributed by atoms with Crippen molar-refractivity contribution >= 4 is 54.0 Å². The van der Waals surface area contributed by atoms with Gasteiger partial charge in [0.2, 0.25) is 0 Å². The molecule has 4 rings (SSSR count). The molecule has 11 heteroatoms. The lowest BCUT2D eigenvalue weighted by molar-refractivity contribution is -0.137. The van der Waals surface area contributed by atoms with E-state index < -0.39 is 21.6 Å². The molecule has 3 aromatic heterocycles. The molecule has 0 aliphatic carbocycles. The van der Waals surface area contributed by atoms with Crippen molar-refractivity contribution in [2.24, 2.45) is 7.05 Å². The summed E-state index contributed by atoms with van der Waals surface area (Å²) in [6, 6.07) is 5.79. The first-order chi connectivity index (χ1) is 13.5. The maximum absolute atomic E-state index is 13.0. The second kappa shape index (κ2) is 6.68. The van der Waals surface area contributed by atoms with E-state index in [4.69, 9.17) is 11.6 Å². The van der Waals surface area contributed by atoms with E-state index in [1.54, 1.807) is 25.2 Å². The smallest absolute Gasteiger partial charge is 0.311 e. The number of nitrogens with zero attached hydrogens (tertiary/aromatic N) is 3. The quantitative estimate of drug-likeness (QED) is 0.416. The first-order valence-corrected chi connectivity index (χ1v) is 11.2. The predicted octanol–water partition coefficient (Wildman–Crippen LogP) is 5.32. The first kappa shape index (κ1) is 20.1. The van der Waals surface area contributed by atoms with Gasteiger partial charge in [0.15, 0.2) is 21.3 Å². The van der Waals surface area contributed by atoms with Gasteiger partial charge in [0.05, 0.1) is 21.1 Å². The van der Waals surface area contributed by atoms with Gasteiger partial charge in [-0.15, -0.1) is 11.3 Å². The van der Waals surface area contributed by atoms with Gasteiger partial charge in [-0.2, -0.15) is 13.2 Å². The number of rotatable bonds is 3. The lowest BCUT2D eigenvalue weighted by Crippen LogP contribution is -2.06. The van der Waals surface area contributed by atoms with Gasteiger partial charge in [0.1, 0.15) is 5.52 Å². The van der Waals surface area contributed by atoms with Gasteiger partial charge in [-0.25, -0.2) is 18.4 Å². The summed E-state index contributed by atoms with van der Waals surface area (Å²) >= 11 is 7.23. The van der Waals surface area contributed by atoms with Gasteiger partial charge in [-0.05, 0) is 18.2 Å². The molecule has 0 aliphatic heterocycles. The van der Waals surface area contributed by atoms with E-state index in [1.807, 2.05) is 0 Å². The molecule has 5 nitrogen and oxygen atoms in total. The van der Waals surface area contributed by atoms with E-state index in [0.29, 0.717) is 20.0 Å². The van der Waals surface area contributed by atoms with Crippen LogP contribution in [0.4, 0.5) is 13.2 Å². The van der Waals surface area contributed by atoms with Crippen LogP contribution in [0.1, 0.15) is 12.5 Å². The van der Waals surface area contributed by atoms with Crippen molar-refractivity contribution in [3.05, 3.63) is 41.0 Å². The van der Waals surface area contributed by atoms with Gasteiger partial charge in [-0.3, -0.25) is 0 Å². The maximum atomic E-state index is 13.0. The van der Waals surface area contributed by atoms with E-state index in [2.05, 4.69) is 9.97 Å². The number of fused-ring (bicyclic) bond motifs is 2. The minimum Gasteiger partial charge on any atom is -0.311 e. The fraction of sp³-hybridized carbons (Fsp3) is 0.222. The molecule has 0 amide bonds. The summed E-state index contributed by atoms with van der Waals surface area (Å²) in [6.07, 6.45) is -3.81. The van der Waals surface area contributed by atoms with E-state index in [1.165, 1.54) is 22.8 Å². The number of imidazole rings is 1. The molecule has 0 atom stereocenters. The monoisotopic (exact) mass is 459 g/mol. The van der Waals surface area contributed by atoms with Gasteiger partial charge >= 0.3 is 6.18 Å². The molecule has 0 aliphatic rings. The maximum Gasteiger partial charge on any atom is 0.417 e. The van der Waals surface area contributed by atoms with Crippen LogP contribution < -0.4 is 0 Å². The summed E-state index contributed by atoms with van der Waals surface area (Å²) in [6.45, 7) is 1.53. The average molecular weight is 460 g/mol. The van der Waals surface area contributed by atoms with Crippen LogP contribution in [-0.4, -0.2) is 28.7 Å². The molecule has 29 heavy (non-hydrogen) atoms. The van der Waals surface area contributed by atoms with Gasteiger partial charge in [0.25, 0.3) is 0 Å². The van der Waals surface area contributed by atoms with E-state index >= 15 is 0 Å². The fourth-order valence-electron chi connectivity index (χ4n) is 3.08. The Balaban J connectivity index is 2.05. The van der Waals surface area contributed by atoms with E-state index in [0.717, 1.165) is 12.3 Å². The highest BCUT2D eigenvalue weighted by Gasteiger charge is 2.32. The van der Waals surface area contributed by atoms with Crippen molar-refractivity contribution in [3.63, 3.8) is 0 Å². The summed E-state index contributed by atoms with van der Waals surface area (Å²) in [5.41, 5.74) is -0.657. The molecular weight excluding hydrogens is 447 g/mol. The molecule has 152 valence electrons. The van der Waals surface area contributed by atoms with Crippen molar-refractivity contribution in [1.82, 2.24) is 14.5 Å². The molecule has 0 radical (unpaired) electrons. The van der Waals surface area contributed by atoms with Crippen LogP contribution in [0.25, 0.3) is 32.0 Å². The molecule has 3 heterocycles. The Morgan fingerprint density at radius 1 is 1.24 bits per heavy atom. The fourth-order valence-corrected chi connectivity index (χ4v) is 6.23. The summed E-state index contributed by atoms with van der Waals surface area (Å²) in [5.74, 6) is 0.102. The minimum absolute atomic E-state index is 0.0349. The van der Waals surface area contributed by atoms with Crippen LogP contribution in [0.3, 0.4) is 0 Å². The van der Waals surface area contributed by atoms with Crippen LogP contribution in [0.15, 0.2) is 35.4 Å². The van der Waals surface area contributed by atoms with Crippen LogP contribution in [-0.2, 0) is 23.1 Å². The number of pyridine rings is 1. The van der Waals surface area contributed by atoms with Crippen molar-refractivity contribution < 1.29 is 21.6 Å². The molecular formula is C18H13ClF3N3O2S2. The van der Waals surface area contributed by atoms with Crippen LogP contribution >= 0.6 is 22.9 Å². The number of benzene rings is 1. The molecule has 0 fully saturated rings. The number of hydrogen-bond acceptors (Lipinski definition) is 5. The third-order valence-electron chi connectivity index (χ3n) is 4.54. The number of halogens is 4. The highest BCUT2D eigenvalue weighted by atomic mass is 35.5. The Morgan fingerprint density at radius 3 is 2.62 bits per heavy atom. The van der Waals surface area contributed by atoms with Crippen LogP contribution in [0.2, 0.25) is 5.02 Å². The van der Waals surface area contributed by atoms with Crippen molar-refractivity contribution in [2.75, 3.05) is 5.75 Å². The third-order valence-corrected chi connectivity index (χ3v) is 7.86. The largest absolute Gasteiger partial charge is 0.417 e. The lowest BCUT2D eigenvalue weighted by Gasteiger charge is -2.06. The molecule has 0 saturated carbocycles. The van der Waals surface area contributed by atoms with Gasteiger partial charge in [0, 0.05) is 28.4 Å². The summed E-state index contributed by atoms with van der Waals surface area (Å²) in [5, 5.41) is 0.958. The summed E-state index contributed by atoms with van der Waals surface area (Å²) in [4.78, 5) is 8.63. The number of alkyl halides is 3. The second-order valence-electron chi connectivity index (χ2n) is 6.36. The van der Waals surface area contributed by atoms with Crippen LogP contribution in [0, 0.1) is 0 Å². The number of aromatic nitrogens is 3. The molecule has 0 spiro atoms. The molecule has 1 aromatic carbocycles. The Kier molecular flexibility index (Phi) is 4.63. The minimum atomic E-state index is -4.55. The standard InChI is InChI=1S/C18H13ClF3N3O2S2/c1-3-29(26,27)15-11-5-4-10(19)7-13(11)28-14(15)17-24-12-6-9(18(20,21)22)8-23-16(12)25(17)2/h4-8H,3H2,1-2H3. The Labute approximate surface area is 172 Å². The van der Waals surface area contributed by atoms with E-state index in [-0.39, 0.29) is 27.6 Å². The Morgan fingerprint density at radius 2 is 1.97 bits per heavy atom. The molecule has 0 unspecified atom stereocenters. The number of aryl methyl sites for hydroxylation is 1. The van der Waals surface area contributed by atoms with Crippen molar-refractivity contribution in [2.45, 2.75) is 18.0 Å². The predicted molar refractivity (Wildman–Crippen MR) is 107 cm³/mol. The molecule has 0 bridgehead atoms. The van der Waals surface area contributed by atoms with Gasteiger partial charge in [-0.1, -0.05) is 24.6 Å². The van der Waals surface area contributed by atoms with Gasteiger partial charge < -0.3 is 4.57 Å². The number of hydrogen-bond donors (Lipinski definition) is 0. The SMILES string of the molecule is CCS(=O)(=O)c1c(-c2nc3cc(C(F)(F)F)cnc3n2C)sc2cc(Cl)ccc12. The Bertz CT molecular complexity index is 1370. The van der Waals surface area contributed by atoms with E-state index in [9.17, 15) is 21.6 Å². The third kappa shape index (κ3) is 3.28. The summed E-state index contributed by atoms with van der Waals surface area (Å²) in [7, 11) is -2.06. The topological polar surface area (TPSA) is 64.8 Å². The average Bonchev–Trinajstić information content (AvgIpc) is 3.18. The zero-order valence-corrected chi connectivity index (χ0v) is 17.5. The Hall–Kier alpha value is -2.17. The first-order valence-electron chi connectivity index (χ1n) is 8.37. The highest BCUT2D eigenvalue weighted by molar-refractivity contribution is 7.92.